The molecule has 4 nitrogen and oxygen atoms in total. The highest BCUT2D eigenvalue weighted by Crippen LogP contribution is 2.36. The Kier molecular flexibility index (Phi) is 2.48. The van der Waals surface area contributed by atoms with Crippen molar-refractivity contribution in [2.75, 3.05) is 5.73 Å². The zero-order chi connectivity index (χ0) is 12.9. The lowest BCUT2D eigenvalue weighted by Crippen LogP contribution is -2.17. The van der Waals surface area contributed by atoms with Crippen molar-refractivity contribution >= 4 is 34.0 Å². The molecule has 1 heterocycles. The first kappa shape index (κ1) is 11.7. The number of hydrogen-bond donors (Lipinski definition) is 2. The maximum absolute atomic E-state index is 11.6. The van der Waals surface area contributed by atoms with Gasteiger partial charge in [0.15, 0.2) is 5.82 Å². The third kappa shape index (κ3) is 1.82. The number of nitrogens with one attached hydrogen (secondary N) is 1. The molecule has 2 aliphatic carbocycles. The van der Waals surface area contributed by atoms with Gasteiger partial charge in [0.25, 0.3) is 5.56 Å². The van der Waals surface area contributed by atoms with Gasteiger partial charge in [-0.15, -0.1) is 0 Å². The summed E-state index contributed by atoms with van der Waals surface area (Å²) in [6.07, 6.45) is 9.16. The van der Waals surface area contributed by atoms with Crippen molar-refractivity contribution in [1.82, 2.24) is 9.97 Å². The summed E-state index contributed by atoms with van der Waals surface area (Å²) in [5, 5.41) is 0. The van der Waals surface area contributed by atoms with Crippen LogP contribution in [0.4, 0.5) is 5.82 Å². The van der Waals surface area contributed by atoms with Crippen LogP contribution in [0, 0.1) is 0 Å². The summed E-state index contributed by atoms with van der Waals surface area (Å²) in [6, 6.07) is 0. The normalized spacial score (nSPS) is 25.0. The van der Waals surface area contributed by atoms with Gasteiger partial charge < -0.3 is 10.7 Å². The monoisotopic (exact) mass is 353 g/mol. The Morgan fingerprint density at radius 2 is 2.17 bits per heavy atom. The molecule has 0 saturated heterocycles. The van der Waals surface area contributed by atoms with Gasteiger partial charge in [0.2, 0.25) is 0 Å². The number of hydrogen-bond acceptors (Lipinski definition) is 3. The molecule has 2 aliphatic rings. The Balaban J connectivity index is 2.17. The standard InChI is InChI=1S/C13H12IN3O/c1-13(14)4-2-7-6-9-10(8(7)3-5-13)17-12(18)11(15)16-9/h2-5H,6H2,1H3,(H2,15,16)(H,17,18). The number of allylic oxidation sites excluding steroid dienone is 6. The smallest absolute Gasteiger partial charge is 0.290 e. The molecule has 3 rings (SSSR count). The molecule has 1 unspecified atom stereocenters. The molecule has 0 fully saturated rings. The Morgan fingerprint density at radius 1 is 1.44 bits per heavy atom. The molecule has 5 heteroatoms. The summed E-state index contributed by atoms with van der Waals surface area (Å²) < 4.78 is 0.00376. The van der Waals surface area contributed by atoms with E-state index in [1.807, 2.05) is 0 Å². The largest absolute Gasteiger partial charge is 0.379 e. The summed E-state index contributed by atoms with van der Waals surface area (Å²) in [5.41, 5.74) is 9.11. The topological polar surface area (TPSA) is 71.8 Å². The number of H-pyrrole nitrogens is 1. The number of rotatable bonds is 0. The van der Waals surface area contributed by atoms with Crippen LogP contribution >= 0.6 is 22.6 Å². The Morgan fingerprint density at radius 3 is 2.94 bits per heavy atom. The van der Waals surface area contributed by atoms with Crippen molar-refractivity contribution in [1.29, 1.82) is 0 Å². The molecule has 0 radical (unpaired) electrons. The van der Waals surface area contributed by atoms with E-state index in [0.29, 0.717) is 0 Å². The second-order valence-corrected chi connectivity index (χ2v) is 7.03. The minimum atomic E-state index is -0.318. The maximum Gasteiger partial charge on any atom is 0.290 e. The lowest BCUT2D eigenvalue weighted by atomic mass is 10.1. The summed E-state index contributed by atoms with van der Waals surface area (Å²) in [4.78, 5) is 18.5. The van der Waals surface area contributed by atoms with E-state index in [2.05, 4.69) is 63.8 Å². The molecule has 0 bridgehead atoms. The molecule has 1 aromatic heterocycles. The highest BCUT2D eigenvalue weighted by Gasteiger charge is 2.25. The third-order valence-corrected chi connectivity index (χ3v) is 3.89. The zero-order valence-corrected chi connectivity index (χ0v) is 12.0. The Labute approximate surface area is 118 Å². The van der Waals surface area contributed by atoms with E-state index in [4.69, 9.17) is 5.73 Å². The number of fused-ring (bicyclic) bond motifs is 2. The van der Waals surface area contributed by atoms with Crippen LogP contribution in [0.15, 0.2) is 34.7 Å². The zero-order valence-electron chi connectivity index (χ0n) is 9.83. The van der Waals surface area contributed by atoms with Crippen LogP contribution in [0.5, 0.6) is 0 Å². The first-order valence-electron chi connectivity index (χ1n) is 5.66. The van der Waals surface area contributed by atoms with Crippen molar-refractivity contribution in [3.8, 4) is 0 Å². The SMILES string of the molecule is CC1(I)C=CC2=C(C=C1)c1[nH]c(=O)c(N)nc1C2. The van der Waals surface area contributed by atoms with Gasteiger partial charge in [-0.3, -0.25) is 4.79 Å². The highest BCUT2D eigenvalue weighted by atomic mass is 127. The van der Waals surface area contributed by atoms with Crippen molar-refractivity contribution in [2.24, 2.45) is 0 Å². The fourth-order valence-corrected chi connectivity index (χ4v) is 2.55. The number of alkyl halides is 1. The van der Waals surface area contributed by atoms with Crippen LogP contribution in [-0.4, -0.2) is 13.4 Å². The second-order valence-electron chi connectivity index (χ2n) is 4.71. The first-order valence-corrected chi connectivity index (χ1v) is 6.74. The van der Waals surface area contributed by atoms with E-state index in [1.165, 1.54) is 5.57 Å². The van der Waals surface area contributed by atoms with E-state index in [1.54, 1.807) is 0 Å². The van der Waals surface area contributed by atoms with E-state index >= 15 is 0 Å². The Hall–Kier alpha value is -1.37. The van der Waals surface area contributed by atoms with Gasteiger partial charge in [-0.2, -0.15) is 0 Å². The van der Waals surface area contributed by atoms with Crippen molar-refractivity contribution in [3.05, 3.63) is 51.6 Å². The fourth-order valence-electron chi connectivity index (χ4n) is 2.19. The summed E-state index contributed by atoms with van der Waals surface area (Å²) >= 11 is 2.38. The van der Waals surface area contributed by atoms with E-state index in [-0.39, 0.29) is 14.8 Å². The molecule has 0 amide bonds. The molecule has 3 N–H and O–H groups in total. The average Bonchev–Trinajstić information content (AvgIpc) is 2.54. The highest BCUT2D eigenvalue weighted by molar-refractivity contribution is 14.1. The summed E-state index contributed by atoms with van der Waals surface area (Å²) in [5.74, 6) is 0.0399. The molecule has 1 atom stereocenters. The number of halogens is 1. The van der Waals surface area contributed by atoms with Gasteiger partial charge in [0, 0.05) is 12.0 Å². The molecule has 0 saturated carbocycles. The van der Waals surface area contributed by atoms with Crippen LogP contribution < -0.4 is 11.3 Å². The van der Waals surface area contributed by atoms with E-state index in [0.717, 1.165) is 23.4 Å². The minimum absolute atomic E-state index is 0.00376. The first-order chi connectivity index (χ1) is 8.46. The van der Waals surface area contributed by atoms with Crippen LogP contribution in [0.25, 0.3) is 5.57 Å². The van der Waals surface area contributed by atoms with Crippen molar-refractivity contribution < 1.29 is 0 Å². The predicted octanol–water partition coefficient (Wildman–Crippen LogP) is 1.98. The summed E-state index contributed by atoms with van der Waals surface area (Å²) in [6.45, 7) is 2.13. The van der Waals surface area contributed by atoms with Crippen LogP contribution in [0.2, 0.25) is 0 Å². The number of aromatic nitrogens is 2. The van der Waals surface area contributed by atoms with Gasteiger partial charge >= 0.3 is 0 Å². The van der Waals surface area contributed by atoms with Crippen molar-refractivity contribution in [2.45, 2.75) is 16.8 Å². The fraction of sp³-hybridized carbons (Fsp3) is 0.231. The number of aromatic amines is 1. The van der Waals surface area contributed by atoms with Gasteiger partial charge in [0.05, 0.1) is 14.8 Å². The number of nitrogen functional groups attached to an aromatic ring is 1. The van der Waals surface area contributed by atoms with Crippen LogP contribution in [0.3, 0.4) is 0 Å². The van der Waals surface area contributed by atoms with Gasteiger partial charge in [-0.1, -0.05) is 46.9 Å². The predicted molar refractivity (Wildman–Crippen MR) is 80.6 cm³/mol. The molecule has 0 aromatic carbocycles. The summed E-state index contributed by atoms with van der Waals surface area (Å²) in [7, 11) is 0. The third-order valence-electron chi connectivity index (χ3n) is 3.17. The lowest BCUT2D eigenvalue weighted by Gasteiger charge is -2.10. The van der Waals surface area contributed by atoms with Gasteiger partial charge in [-0.25, -0.2) is 4.98 Å². The lowest BCUT2D eigenvalue weighted by molar-refractivity contribution is 1.02. The van der Waals surface area contributed by atoms with Crippen molar-refractivity contribution in [3.63, 3.8) is 0 Å². The quantitative estimate of drug-likeness (QED) is 0.554. The minimum Gasteiger partial charge on any atom is -0.379 e. The molecular formula is C13H12IN3O. The number of nitrogens with two attached hydrogens (primary N) is 1. The molecule has 0 aliphatic heterocycles. The molecule has 18 heavy (non-hydrogen) atoms. The van der Waals surface area contributed by atoms with E-state index in [9.17, 15) is 4.79 Å². The molecule has 1 aromatic rings. The van der Waals surface area contributed by atoms with Gasteiger partial charge in [-0.05, 0) is 12.5 Å². The number of nitrogens with zero attached hydrogens (tertiary/aromatic N) is 1. The Bertz CT molecular complexity index is 680. The molecular weight excluding hydrogens is 341 g/mol. The molecule has 0 spiro atoms. The average molecular weight is 353 g/mol. The second kappa shape index (κ2) is 3.81. The van der Waals surface area contributed by atoms with Gasteiger partial charge in [0.1, 0.15) is 0 Å². The van der Waals surface area contributed by atoms with E-state index < -0.39 is 0 Å². The molecule has 92 valence electrons. The van der Waals surface area contributed by atoms with Crippen LogP contribution in [-0.2, 0) is 6.42 Å². The number of anilines is 1. The maximum atomic E-state index is 11.6. The van der Waals surface area contributed by atoms with Crippen LogP contribution in [0.1, 0.15) is 18.3 Å².